The molecule has 0 aromatic heterocycles. The molecule has 1 unspecified atom stereocenters. The molecule has 1 N–H and O–H groups in total. The summed E-state index contributed by atoms with van der Waals surface area (Å²) in [6, 6.07) is 11.5. The van der Waals surface area contributed by atoms with E-state index in [1.165, 1.54) is 6.92 Å². The number of hydrogen-bond acceptors (Lipinski definition) is 4. The maximum absolute atomic E-state index is 13.4. The summed E-state index contributed by atoms with van der Waals surface area (Å²) in [5.41, 5.74) is 2.10. The fourth-order valence-electron chi connectivity index (χ4n) is 4.24. The standard InChI is InChI=1S/C25H31NO4/c1-5-6-9-12-30-22-11-8-7-10-20(22)16-26-23-18(3)13-17(2)14-21(23)25(29,24(26)28)15-19(4)27/h7-8,10-11,13-14,29H,5-6,9,12,15-16H2,1-4H3. The maximum atomic E-state index is 13.4. The van der Waals surface area contributed by atoms with E-state index in [0.717, 1.165) is 41.7 Å². The third kappa shape index (κ3) is 4.26. The van der Waals surface area contributed by atoms with Crippen LogP contribution in [0.25, 0.3) is 0 Å². The van der Waals surface area contributed by atoms with E-state index in [1.807, 2.05) is 50.2 Å². The monoisotopic (exact) mass is 409 g/mol. The molecule has 1 aliphatic heterocycles. The molecule has 0 radical (unpaired) electrons. The van der Waals surface area contributed by atoms with Gasteiger partial charge in [0.15, 0.2) is 5.60 Å². The minimum atomic E-state index is -1.82. The minimum absolute atomic E-state index is 0.225. The third-order valence-electron chi connectivity index (χ3n) is 5.57. The Morgan fingerprint density at radius 1 is 1.17 bits per heavy atom. The van der Waals surface area contributed by atoms with Crippen molar-refractivity contribution >= 4 is 17.4 Å². The fourth-order valence-corrected chi connectivity index (χ4v) is 4.24. The Labute approximate surface area is 178 Å². The molecule has 1 amide bonds. The molecule has 160 valence electrons. The van der Waals surface area contributed by atoms with Gasteiger partial charge < -0.3 is 14.7 Å². The van der Waals surface area contributed by atoms with Crippen molar-refractivity contribution in [3.63, 3.8) is 0 Å². The molecule has 2 aromatic carbocycles. The quantitative estimate of drug-likeness (QED) is 0.616. The van der Waals surface area contributed by atoms with Crippen molar-refractivity contribution in [3.05, 3.63) is 58.7 Å². The molecule has 2 aromatic rings. The number of hydrogen-bond donors (Lipinski definition) is 1. The highest BCUT2D eigenvalue weighted by Gasteiger charge is 2.51. The van der Waals surface area contributed by atoms with E-state index in [-0.39, 0.29) is 18.7 Å². The second-order valence-electron chi connectivity index (χ2n) is 8.27. The van der Waals surface area contributed by atoms with Crippen LogP contribution in [0.5, 0.6) is 5.75 Å². The van der Waals surface area contributed by atoms with Crippen molar-refractivity contribution in [3.8, 4) is 5.75 Å². The summed E-state index contributed by atoms with van der Waals surface area (Å²) in [7, 11) is 0. The van der Waals surface area contributed by atoms with Crippen LogP contribution in [0, 0.1) is 13.8 Å². The second kappa shape index (κ2) is 9.00. The zero-order chi connectivity index (χ0) is 21.9. The van der Waals surface area contributed by atoms with Crippen LogP contribution < -0.4 is 9.64 Å². The Kier molecular flexibility index (Phi) is 6.61. The number of carbonyl (C=O) groups excluding carboxylic acids is 2. The Bertz CT molecular complexity index is 952. The molecule has 0 bridgehead atoms. The van der Waals surface area contributed by atoms with Crippen LogP contribution >= 0.6 is 0 Å². The summed E-state index contributed by atoms with van der Waals surface area (Å²) >= 11 is 0. The van der Waals surface area contributed by atoms with E-state index in [1.54, 1.807) is 4.90 Å². The van der Waals surface area contributed by atoms with Crippen LogP contribution in [-0.2, 0) is 21.7 Å². The molecule has 0 saturated carbocycles. The number of anilines is 1. The number of nitrogens with zero attached hydrogens (tertiary/aromatic N) is 1. The number of ether oxygens (including phenoxy) is 1. The van der Waals surface area contributed by atoms with E-state index in [2.05, 4.69) is 6.92 Å². The van der Waals surface area contributed by atoms with Gasteiger partial charge in [0, 0.05) is 17.5 Å². The van der Waals surface area contributed by atoms with E-state index in [0.29, 0.717) is 17.9 Å². The molecule has 0 spiro atoms. The molecule has 5 nitrogen and oxygen atoms in total. The number of aryl methyl sites for hydroxylation is 2. The minimum Gasteiger partial charge on any atom is -0.493 e. The number of amides is 1. The normalized spacial score (nSPS) is 17.9. The first kappa shape index (κ1) is 22.0. The van der Waals surface area contributed by atoms with Crippen LogP contribution in [0.4, 0.5) is 5.69 Å². The van der Waals surface area contributed by atoms with Gasteiger partial charge in [0.1, 0.15) is 11.5 Å². The van der Waals surface area contributed by atoms with Crippen LogP contribution in [0.15, 0.2) is 36.4 Å². The highest BCUT2D eigenvalue weighted by molar-refractivity contribution is 6.09. The lowest BCUT2D eigenvalue weighted by molar-refractivity contribution is -0.141. The van der Waals surface area contributed by atoms with Crippen molar-refractivity contribution < 1.29 is 19.4 Å². The smallest absolute Gasteiger partial charge is 0.264 e. The molecule has 30 heavy (non-hydrogen) atoms. The number of rotatable bonds is 9. The first-order valence-corrected chi connectivity index (χ1v) is 10.6. The van der Waals surface area contributed by atoms with Gasteiger partial charge in [-0.05, 0) is 38.8 Å². The van der Waals surface area contributed by atoms with Gasteiger partial charge in [-0.3, -0.25) is 9.59 Å². The number of para-hydroxylation sites is 1. The van der Waals surface area contributed by atoms with Crippen LogP contribution in [0.3, 0.4) is 0 Å². The van der Waals surface area contributed by atoms with Crippen molar-refractivity contribution in [1.82, 2.24) is 0 Å². The lowest BCUT2D eigenvalue weighted by Crippen LogP contribution is -2.41. The van der Waals surface area contributed by atoms with Gasteiger partial charge in [0.05, 0.1) is 18.8 Å². The summed E-state index contributed by atoms with van der Waals surface area (Å²) in [6.45, 7) is 8.31. The molecule has 5 heteroatoms. The Balaban J connectivity index is 1.97. The average Bonchev–Trinajstić information content (AvgIpc) is 2.88. The Morgan fingerprint density at radius 3 is 2.60 bits per heavy atom. The van der Waals surface area contributed by atoms with Gasteiger partial charge in [-0.2, -0.15) is 0 Å². The number of unbranched alkanes of at least 4 members (excludes halogenated alkanes) is 2. The van der Waals surface area contributed by atoms with Crippen LogP contribution in [0.1, 0.15) is 61.8 Å². The van der Waals surface area contributed by atoms with Crippen molar-refractivity contribution in [2.24, 2.45) is 0 Å². The summed E-state index contributed by atoms with van der Waals surface area (Å²) < 4.78 is 5.98. The van der Waals surface area contributed by atoms with Crippen LogP contribution in [0.2, 0.25) is 0 Å². The summed E-state index contributed by atoms with van der Waals surface area (Å²) in [4.78, 5) is 26.8. The molecular weight excluding hydrogens is 378 g/mol. The molecule has 3 rings (SSSR count). The molecule has 1 heterocycles. The van der Waals surface area contributed by atoms with E-state index in [9.17, 15) is 14.7 Å². The zero-order valence-corrected chi connectivity index (χ0v) is 18.3. The number of aliphatic hydroxyl groups is 1. The van der Waals surface area contributed by atoms with Crippen molar-refractivity contribution in [1.29, 1.82) is 0 Å². The first-order valence-electron chi connectivity index (χ1n) is 10.6. The van der Waals surface area contributed by atoms with Gasteiger partial charge in [-0.15, -0.1) is 0 Å². The Hall–Kier alpha value is -2.66. The third-order valence-corrected chi connectivity index (χ3v) is 5.57. The van der Waals surface area contributed by atoms with Gasteiger partial charge in [0.25, 0.3) is 5.91 Å². The fraction of sp³-hybridized carbons (Fsp3) is 0.440. The van der Waals surface area contributed by atoms with E-state index < -0.39 is 11.5 Å². The zero-order valence-electron chi connectivity index (χ0n) is 18.3. The van der Waals surface area contributed by atoms with Gasteiger partial charge in [-0.1, -0.05) is 55.7 Å². The number of ketones is 1. The molecular formula is C25H31NO4. The SMILES string of the molecule is CCCCCOc1ccccc1CN1C(=O)C(O)(CC(C)=O)c2cc(C)cc(C)c21. The molecule has 0 saturated heterocycles. The first-order chi connectivity index (χ1) is 14.3. The largest absolute Gasteiger partial charge is 0.493 e. The molecule has 1 atom stereocenters. The Morgan fingerprint density at radius 2 is 1.90 bits per heavy atom. The predicted molar refractivity (Wildman–Crippen MR) is 118 cm³/mol. The molecule has 0 fully saturated rings. The van der Waals surface area contributed by atoms with Gasteiger partial charge in [0.2, 0.25) is 0 Å². The number of Topliss-reactive ketones (excluding diaryl/α,β-unsaturated/α-hetero) is 1. The summed E-state index contributed by atoms with van der Waals surface area (Å²) in [6.07, 6.45) is 2.98. The highest BCUT2D eigenvalue weighted by atomic mass is 16.5. The van der Waals surface area contributed by atoms with Crippen molar-refractivity contribution in [2.75, 3.05) is 11.5 Å². The second-order valence-corrected chi connectivity index (χ2v) is 8.27. The predicted octanol–water partition coefficient (Wildman–Crippen LogP) is 4.59. The van der Waals surface area contributed by atoms with Crippen LogP contribution in [-0.4, -0.2) is 23.4 Å². The number of fused-ring (bicyclic) bond motifs is 1. The highest BCUT2D eigenvalue weighted by Crippen LogP contribution is 2.46. The molecule has 0 aliphatic carbocycles. The topological polar surface area (TPSA) is 66.8 Å². The average molecular weight is 410 g/mol. The van der Waals surface area contributed by atoms with Crippen molar-refractivity contribution in [2.45, 2.75) is 65.5 Å². The number of benzene rings is 2. The lowest BCUT2D eigenvalue weighted by Gasteiger charge is -2.23. The summed E-state index contributed by atoms with van der Waals surface area (Å²) in [5, 5.41) is 11.3. The number of carbonyl (C=O) groups is 2. The van der Waals surface area contributed by atoms with E-state index in [4.69, 9.17) is 4.74 Å². The summed E-state index contributed by atoms with van der Waals surface area (Å²) in [5.74, 6) is 0.0642. The molecule has 1 aliphatic rings. The lowest BCUT2D eigenvalue weighted by atomic mass is 9.88. The maximum Gasteiger partial charge on any atom is 0.264 e. The van der Waals surface area contributed by atoms with Gasteiger partial charge in [-0.25, -0.2) is 0 Å². The van der Waals surface area contributed by atoms with Gasteiger partial charge >= 0.3 is 0 Å². The van der Waals surface area contributed by atoms with E-state index >= 15 is 0 Å².